The molecule has 54 heavy (non-hydrogen) atoms. The third-order valence-electron chi connectivity index (χ3n) is 10.4. The zero-order chi connectivity index (χ0) is 37.1. The third-order valence-corrected chi connectivity index (χ3v) is 10.4. The molecule has 0 saturated carbocycles. The van der Waals surface area contributed by atoms with Crippen molar-refractivity contribution in [2.75, 3.05) is 0 Å². The highest BCUT2D eigenvalue weighted by atomic mass is 14.8. The summed E-state index contributed by atoms with van der Waals surface area (Å²) in [6.45, 7) is 13.1. The Bertz CT molecular complexity index is 2630. The zero-order valence-electron chi connectivity index (χ0n) is 31.3. The van der Waals surface area contributed by atoms with Crippen LogP contribution in [-0.4, -0.2) is 29.9 Å². The highest BCUT2D eigenvalue weighted by Crippen LogP contribution is 2.40. The normalized spacial score (nSPS) is 12.1. The number of benzene rings is 2. The molecule has 0 radical (unpaired) electrons. The fourth-order valence-electron chi connectivity index (χ4n) is 8.44. The van der Waals surface area contributed by atoms with E-state index in [9.17, 15) is 0 Å². The van der Waals surface area contributed by atoms with Gasteiger partial charge in [-0.3, -0.25) is 9.97 Å². The van der Waals surface area contributed by atoms with Crippen molar-refractivity contribution in [2.45, 2.75) is 41.5 Å². The molecule has 6 nitrogen and oxygen atoms in total. The molecule has 0 atom stereocenters. The topological polar surface area (TPSA) is 83.1 Å². The highest BCUT2D eigenvalue weighted by Gasteiger charge is 2.21. The molecule has 0 saturated heterocycles. The van der Waals surface area contributed by atoms with Crippen LogP contribution in [-0.2, 0) is 0 Å². The Kier molecular flexibility index (Phi) is 8.04. The maximum absolute atomic E-state index is 5.44. The van der Waals surface area contributed by atoms with Crippen LogP contribution in [0.25, 0.3) is 91.1 Å². The Balaban J connectivity index is 1.51. The van der Waals surface area contributed by atoms with Crippen LogP contribution in [0.5, 0.6) is 0 Å². The first-order chi connectivity index (χ1) is 26.2. The summed E-state index contributed by atoms with van der Waals surface area (Å²) in [6, 6.07) is 29.7. The van der Waals surface area contributed by atoms with Crippen LogP contribution in [0.4, 0.5) is 0 Å². The van der Waals surface area contributed by atoms with Gasteiger partial charge < -0.3 is 9.97 Å². The monoisotopic (exact) mass is 700 g/mol. The Morgan fingerprint density at radius 2 is 0.704 bits per heavy atom. The lowest BCUT2D eigenvalue weighted by Gasteiger charge is -2.13. The molecule has 2 N–H and O–H groups in total. The van der Waals surface area contributed by atoms with E-state index in [1.165, 1.54) is 33.4 Å². The Morgan fingerprint density at radius 3 is 1.04 bits per heavy atom. The number of aryl methyl sites for hydroxylation is 6. The van der Waals surface area contributed by atoms with Crippen molar-refractivity contribution in [3.05, 3.63) is 153 Å². The number of nitrogens with zero attached hydrogens (tertiary/aromatic N) is 4. The van der Waals surface area contributed by atoms with Crippen molar-refractivity contribution in [2.24, 2.45) is 0 Å². The zero-order valence-corrected chi connectivity index (χ0v) is 31.3. The minimum Gasteiger partial charge on any atom is -0.354 e. The van der Waals surface area contributed by atoms with Gasteiger partial charge in [0.1, 0.15) is 0 Å². The Labute approximate surface area is 315 Å². The average Bonchev–Trinajstić information content (AvgIpc) is 3.98. The van der Waals surface area contributed by atoms with Gasteiger partial charge in [-0.1, -0.05) is 47.5 Å². The molecule has 7 aromatic rings. The molecule has 2 aromatic carbocycles. The maximum Gasteiger partial charge on any atom is 0.0753 e. The molecule has 5 aromatic heterocycles. The van der Waals surface area contributed by atoms with Gasteiger partial charge in [0.2, 0.25) is 0 Å². The van der Waals surface area contributed by atoms with Crippen LogP contribution in [0.15, 0.2) is 97.3 Å². The fourth-order valence-corrected chi connectivity index (χ4v) is 8.44. The van der Waals surface area contributed by atoms with Gasteiger partial charge in [0, 0.05) is 45.7 Å². The Hall–Kier alpha value is -6.66. The van der Waals surface area contributed by atoms with Gasteiger partial charge in [-0.15, -0.1) is 0 Å². The van der Waals surface area contributed by atoms with Gasteiger partial charge in [-0.2, -0.15) is 0 Å². The molecular formula is C48H40N6. The SMILES string of the molecule is Cc1cc(C)c(-c2c3nc(c(-c4ccccn4)c4ccc([nH]4)c(-c4c(C)cc(C)cc4C)c4nc(c(-c5ccccn5)c5ccc2[nH]5)C=C4)C=C3)c(C)c1. The molecular weight excluding hydrogens is 661 g/mol. The molecule has 262 valence electrons. The van der Waals surface area contributed by atoms with E-state index in [1.54, 1.807) is 0 Å². The van der Waals surface area contributed by atoms with E-state index in [4.69, 9.17) is 19.9 Å². The molecule has 2 aliphatic heterocycles. The van der Waals surface area contributed by atoms with Crippen LogP contribution in [0, 0.1) is 41.5 Å². The number of aromatic amines is 2. The van der Waals surface area contributed by atoms with Crippen LogP contribution in [0.1, 0.15) is 56.2 Å². The summed E-state index contributed by atoms with van der Waals surface area (Å²) in [7, 11) is 0. The fraction of sp³-hybridized carbons (Fsp3) is 0.125. The first-order valence-electron chi connectivity index (χ1n) is 18.4. The van der Waals surface area contributed by atoms with Crippen molar-refractivity contribution in [1.29, 1.82) is 0 Å². The van der Waals surface area contributed by atoms with Gasteiger partial charge in [0.05, 0.1) is 45.2 Å². The highest BCUT2D eigenvalue weighted by molar-refractivity contribution is 6.00. The van der Waals surface area contributed by atoms with Crippen LogP contribution in [0.2, 0.25) is 0 Å². The number of nitrogens with one attached hydrogen (secondary N) is 2. The van der Waals surface area contributed by atoms with Crippen LogP contribution >= 0.6 is 0 Å². The maximum atomic E-state index is 5.44. The summed E-state index contributed by atoms with van der Waals surface area (Å²) in [5.41, 5.74) is 22.5. The first-order valence-corrected chi connectivity index (χ1v) is 18.4. The van der Waals surface area contributed by atoms with E-state index in [0.29, 0.717) is 0 Å². The van der Waals surface area contributed by atoms with Crippen molar-refractivity contribution < 1.29 is 0 Å². The quantitative estimate of drug-likeness (QED) is 0.191. The lowest BCUT2D eigenvalue weighted by molar-refractivity contribution is 1.26. The van der Waals surface area contributed by atoms with Gasteiger partial charge in [0.15, 0.2) is 0 Å². The van der Waals surface area contributed by atoms with E-state index in [-0.39, 0.29) is 0 Å². The molecule has 0 spiro atoms. The van der Waals surface area contributed by atoms with Crippen molar-refractivity contribution in [1.82, 2.24) is 29.9 Å². The van der Waals surface area contributed by atoms with E-state index in [0.717, 1.165) is 89.6 Å². The number of fused-ring (bicyclic) bond motifs is 8. The molecule has 7 heterocycles. The minimum atomic E-state index is 0.842. The summed E-state index contributed by atoms with van der Waals surface area (Å²) in [4.78, 5) is 28.3. The van der Waals surface area contributed by atoms with Gasteiger partial charge in [0.25, 0.3) is 0 Å². The number of rotatable bonds is 4. The number of H-pyrrole nitrogens is 2. The summed E-state index contributed by atoms with van der Waals surface area (Å²) in [5, 5.41) is 0. The molecule has 0 amide bonds. The van der Waals surface area contributed by atoms with Gasteiger partial charge in [-0.25, -0.2) is 9.97 Å². The largest absolute Gasteiger partial charge is 0.354 e. The molecule has 0 aliphatic carbocycles. The number of hydrogen-bond acceptors (Lipinski definition) is 4. The lowest BCUT2D eigenvalue weighted by atomic mass is 9.92. The third kappa shape index (κ3) is 5.67. The minimum absolute atomic E-state index is 0.842. The summed E-state index contributed by atoms with van der Waals surface area (Å²) in [5.74, 6) is 0. The van der Waals surface area contributed by atoms with E-state index in [2.05, 4.69) is 136 Å². The second-order valence-corrected chi connectivity index (χ2v) is 14.5. The van der Waals surface area contributed by atoms with E-state index >= 15 is 0 Å². The second kappa shape index (κ2) is 13.1. The number of aromatic nitrogens is 6. The molecule has 0 unspecified atom stereocenters. The number of pyridine rings is 2. The molecule has 2 aliphatic rings. The second-order valence-electron chi connectivity index (χ2n) is 14.5. The molecule has 9 rings (SSSR count). The Morgan fingerprint density at radius 1 is 0.370 bits per heavy atom. The molecule has 6 heteroatoms. The van der Waals surface area contributed by atoms with Gasteiger partial charge in [-0.05, 0) is 148 Å². The summed E-state index contributed by atoms with van der Waals surface area (Å²) >= 11 is 0. The van der Waals surface area contributed by atoms with E-state index < -0.39 is 0 Å². The lowest BCUT2D eigenvalue weighted by Crippen LogP contribution is -1.95. The summed E-state index contributed by atoms with van der Waals surface area (Å²) < 4.78 is 0. The molecule has 0 fully saturated rings. The van der Waals surface area contributed by atoms with Gasteiger partial charge >= 0.3 is 0 Å². The van der Waals surface area contributed by atoms with Crippen molar-refractivity contribution >= 4 is 46.4 Å². The standard InChI is InChI=1S/C48H40N6/c1-27-23-29(3)43(30(4)24-27)47-39-17-13-35(51-39)45(33-11-7-9-21-49-33)37-15-19-41(53-37)48(44-31(5)25-28(2)26-32(44)6)42-20-16-38(54-42)46(34-12-8-10-22-50-34)36-14-18-40(47)52-36/h7-26,51,54H,1-6H3. The van der Waals surface area contributed by atoms with Crippen LogP contribution < -0.4 is 0 Å². The number of hydrogen-bond donors (Lipinski definition) is 2. The van der Waals surface area contributed by atoms with Crippen molar-refractivity contribution in [3.63, 3.8) is 0 Å². The predicted molar refractivity (Wildman–Crippen MR) is 225 cm³/mol. The smallest absolute Gasteiger partial charge is 0.0753 e. The van der Waals surface area contributed by atoms with Crippen molar-refractivity contribution in [3.8, 4) is 44.8 Å². The average molecular weight is 701 g/mol. The first kappa shape index (κ1) is 33.2. The molecule has 8 bridgehead atoms. The predicted octanol–water partition coefficient (Wildman–Crippen LogP) is 12.0. The van der Waals surface area contributed by atoms with E-state index in [1.807, 2.05) is 36.7 Å². The summed E-state index contributed by atoms with van der Waals surface area (Å²) in [6.07, 6.45) is 12.2. The van der Waals surface area contributed by atoms with Crippen LogP contribution in [0.3, 0.4) is 0 Å².